The lowest BCUT2D eigenvalue weighted by molar-refractivity contribution is -0.146. The van der Waals surface area contributed by atoms with Gasteiger partial charge in [0, 0.05) is 13.1 Å². The number of benzene rings is 1. The Morgan fingerprint density at radius 2 is 1.88 bits per heavy atom. The van der Waals surface area contributed by atoms with Gasteiger partial charge >= 0.3 is 5.97 Å². The summed E-state index contributed by atoms with van der Waals surface area (Å²) in [6, 6.07) is 5.93. The fourth-order valence-corrected chi connectivity index (χ4v) is 2.75. The fraction of sp³-hybridized carbons (Fsp3) is 0.619. The maximum Gasteiger partial charge on any atom is 0.310 e. The summed E-state index contributed by atoms with van der Waals surface area (Å²) in [5, 5.41) is 0. The normalized spacial score (nSPS) is 11.7. The monoisotopic (exact) mass is 363 g/mol. The average molecular weight is 363 g/mol. The van der Waals surface area contributed by atoms with Gasteiger partial charge in [-0.15, -0.1) is 0 Å². The van der Waals surface area contributed by atoms with Gasteiger partial charge in [-0.3, -0.25) is 9.59 Å². The molecular formula is C21H33NO4. The molecule has 1 aromatic carbocycles. The van der Waals surface area contributed by atoms with E-state index in [0.29, 0.717) is 13.1 Å². The minimum absolute atomic E-state index is 0.0219. The summed E-state index contributed by atoms with van der Waals surface area (Å²) < 4.78 is 10.5. The predicted molar refractivity (Wildman–Crippen MR) is 103 cm³/mol. The van der Waals surface area contributed by atoms with Crippen LogP contribution in [-0.2, 0) is 14.3 Å². The molecule has 0 N–H and O–H groups in total. The third-order valence-electron chi connectivity index (χ3n) is 4.43. The van der Waals surface area contributed by atoms with Crippen molar-refractivity contribution in [1.82, 2.24) is 4.90 Å². The van der Waals surface area contributed by atoms with E-state index >= 15 is 0 Å². The molecule has 0 aliphatic carbocycles. The van der Waals surface area contributed by atoms with E-state index in [4.69, 9.17) is 9.47 Å². The van der Waals surface area contributed by atoms with Gasteiger partial charge in [-0.25, -0.2) is 0 Å². The van der Waals surface area contributed by atoms with Gasteiger partial charge in [-0.2, -0.15) is 0 Å². The van der Waals surface area contributed by atoms with E-state index in [1.54, 1.807) is 11.8 Å². The molecule has 0 saturated heterocycles. The van der Waals surface area contributed by atoms with Gasteiger partial charge < -0.3 is 14.4 Å². The molecule has 146 valence electrons. The van der Waals surface area contributed by atoms with Crippen molar-refractivity contribution in [2.45, 2.75) is 53.4 Å². The highest BCUT2D eigenvalue weighted by atomic mass is 16.5. The van der Waals surface area contributed by atoms with Crippen LogP contribution in [0.2, 0.25) is 0 Å². The first-order valence-corrected chi connectivity index (χ1v) is 9.44. The molecule has 0 aliphatic heterocycles. The molecule has 0 aromatic heterocycles. The van der Waals surface area contributed by atoms with Crippen LogP contribution in [0.1, 0.15) is 50.7 Å². The van der Waals surface area contributed by atoms with Crippen molar-refractivity contribution < 1.29 is 19.1 Å². The van der Waals surface area contributed by atoms with E-state index < -0.39 is 0 Å². The van der Waals surface area contributed by atoms with Crippen molar-refractivity contribution in [1.29, 1.82) is 0 Å². The highest BCUT2D eigenvalue weighted by Crippen LogP contribution is 2.19. The maximum atomic E-state index is 12.7. The lowest BCUT2D eigenvalue weighted by Crippen LogP contribution is -2.40. The molecule has 0 radical (unpaired) electrons. The Morgan fingerprint density at radius 3 is 2.54 bits per heavy atom. The lowest BCUT2D eigenvalue weighted by Gasteiger charge is -2.25. The minimum atomic E-state index is -0.351. The molecule has 5 nitrogen and oxygen atoms in total. The molecule has 0 aliphatic rings. The number of aryl methyl sites for hydroxylation is 2. The van der Waals surface area contributed by atoms with E-state index in [9.17, 15) is 9.59 Å². The summed E-state index contributed by atoms with van der Waals surface area (Å²) in [6.07, 6.45) is 4.29. The van der Waals surface area contributed by atoms with Crippen LogP contribution in [0, 0.1) is 19.8 Å². The van der Waals surface area contributed by atoms with Gasteiger partial charge in [0.05, 0.1) is 13.0 Å². The number of hydrogen-bond acceptors (Lipinski definition) is 4. The number of rotatable bonds is 11. The molecule has 0 heterocycles. The standard InChI is InChI=1S/C21H33NO4/c1-6-7-8-9-12-22(14-18(4)21(24)25-5)20(23)15-26-19-13-16(2)10-11-17(19)3/h10-11,13,18H,6-9,12,14-15H2,1-5H3. The Kier molecular flexibility index (Phi) is 9.78. The summed E-state index contributed by atoms with van der Waals surface area (Å²) in [5.41, 5.74) is 2.09. The molecule has 26 heavy (non-hydrogen) atoms. The molecule has 1 aromatic rings. The van der Waals surface area contributed by atoms with E-state index in [2.05, 4.69) is 6.92 Å². The number of nitrogens with zero attached hydrogens (tertiary/aromatic N) is 1. The summed E-state index contributed by atoms with van der Waals surface area (Å²) in [7, 11) is 1.37. The molecule has 1 rings (SSSR count). The Bertz CT molecular complexity index is 585. The van der Waals surface area contributed by atoms with Crippen LogP contribution in [0.4, 0.5) is 0 Å². The molecule has 0 bridgehead atoms. The summed E-state index contributed by atoms with van der Waals surface area (Å²) >= 11 is 0. The van der Waals surface area contributed by atoms with Crippen molar-refractivity contribution in [2.75, 3.05) is 26.8 Å². The first kappa shape index (κ1) is 22.0. The third-order valence-corrected chi connectivity index (χ3v) is 4.43. The number of ether oxygens (including phenoxy) is 2. The predicted octanol–water partition coefficient (Wildman–Crippen LogP) is 3.90. The second-order valence-corrected chi connectivity index (χ2v) is 6.88. The maximum absolute atomic E-state index is 12.7. The molecular weight excluding hydrogens is 330 g/mol. The summed E-state index contributed by atoms with van der Waals surface area (Å²) in [6.45, 7) is 8.85. The number of carbonyl (C=O) groups excluding carboxylic acids is 2. The van der Waals surface area contributed by atoms with Crippen molar-refractivity contribution in [3.8, 4) is 5.75 Å². The van der Waals surface area contributed by atoms with Gasteiger partial charge in [-0.05, 0) is 37.5 Å². The molecule has 1 unspecified atom stereocenters. The molecule has 0 spiro atoms. The topological polar surface area (TPSA) is 55.8 Å². The van der Waals surface area contributed by atoms with Crippen LogP contribution in [0.25, 0.3) is 0 Å². The average Bonchev–Trinajstić information content (AvgIpc) is 2.63. The van der Waals surface area contributed by atoms with Crippen molar-refractivity contribution >= 4 is 11.9 Å². The van der Waals surface area contributed by atoms with Gasteiger partial charge in [0.25, 0.3) is 5.91 Å². The van der Waals surface area contributed by atoms with Gasteiger partial charge in [-0.1, -0.05) is 45.2 Å². The number of carbonyl (C=O) groups is 2. The van der Waals surface area contributed by atoms with Crippen LogP contribution in [0.5, 0.6) is 5.75 Å². The van der Waals surface area contributed by atoms with Gasteiger partial charge in [0.1, 0.15) is 5.75 Å². The highest BCUT2D eigenvalue weighted by Gasteiger charge is 2.21. The van der Waals surface area contributed by atoms with E-state index in [0.717, 1.165) is 42.6 Å². The number of unbranched alkanes of at least 4 members (excludes halogenated alkanes) is 3. The Labute approximate surface area is 157 Å². The molecule has 1 amide bonds. The fourth-order valence-electron chi connectivity index (χ4n) is 2.75. The lowest BCUT2D eigenvalue weighted by atomic mass is 10.1. The van der Waals surface area contributed by atoms with Crippen LogP contribution in [-0.4, -0.2) is 43.6 Å². The molecule has 1 atom stereocenters. The van der Waals surface area contributed by atoms with Crippen LogP contribution in [0.15, 0.2) is 18.2 Å². The largest absolute Gasteiger partial charge is 0.483 e. The smallest absolute Gasteiger partial charge is 0.310 e. The molecule has 0 saturated carbocycles. The zero-order valence-electron chi connectivity index (χ0n) is 16.8. The number of esters is 1. The Morgan fingerprint density at radius 1 is 1.15 bits per heavy atom. The minimum Gasteiger partial charge on any atom is -0.483 e. The van der Waals surface area contributed by atoms with Crippen LogP contribution >= 0.6 is 0 Å². The summed E-state index contributed by atoms with van der Waals surface area (Å²) in [4.78, 5) is 26.1. The number of hydrogen-bond donors (Lipinski definition) is 0. The SMILES string of the molecule is CCCCCCN(CC(C)C(=O)OC)C(=O)COc1cc(C)ccc1C. The molecule has 5 heteroatoms. The highest BCUT2D eigenvalue weighted by molar-refractivity contribution is 5.79. The first-order valence-electron chi connectivity index (χ1n) is 9.44. The van der Waals surface area contributed by atoms with Crippen molar-refractivity contribution in [3.05, 3.63) is 29.3 Å². The molecule has 0 fully saturated rings. The summed E-state index contributed by atoms with van der Waals surface area (Å²) in [5.74, 6) is -0.0221. The van der Waals surface area contributed by atoms with Crippen LogP contribution in [0.3, 0.4) is 0 Å². The Hall–Kier alpha value is -2.04. The van der Waals surface area contributed by atoms with Crippen molar-refractivity contribution in [2.24, 2.45) is 5.92 Å². The zero-order chi connectivity index (χ0) is 19.5. The van der Waals surface area contributed by atoms with Gasteiger partial charge in [0.15, 0.2) is 6.61 Å². The first-order chi connectivity index (χ1) is 12.4. The number of methoxy groups -OCH3 is 1. The Balaban J connectivity index is 2.68. The van der Waals surface area contributed by atoms with Gasteiger partial charge in [0.2, 0.25) is 0 Å². The third kappa shape index (κ3) is 7.46. The van der Waals surface area contributed by atoms with E-state index in [-0.39, 0.29) is 24.4 Å². The second-order valence-electron chi connectivity index (χ2n) is 6.88. The quantitative estimate of drug-likeness (QED) is 0.442. The van der Waals surface area contributed by atoms with E-state index in [1.165, 1.54) is 7.11 Å². The van der Waals surface area contributed by atoms with Crippen molar-refractivity contribution in [3.63, 3.8) is 0 Å². The van der Waals surface area contributed by atoms with E-state index in [1.807, 2.05) is 32.0 Å². The second kappa shape index (κ2) is 11.6. The number of amides is 1. The zero-order valence-corrected chi connectivity index (χ0v) is 16.8. The van der Waals surface area contributed by atoms with Crippen LogP contribution < -0.4 is 4.74 Å².